The maximum Gasteiger partial charge on any atom is 0.328 e. The molecule has 0 aromatic carbocycles. The number of hydrogen-bond donors (Lipinski definition) is 2. The standard InChI is InChI=1S/C16H22N4O3S/c1-10-7-20(16(23)18-15(10)22)13-3-5-19(6-4-14(13)21)8-12-9-24-11(2)17-12/h7,9,13-14,21H,3-6,8H2,1-2H3,(H,18,22,23)/t13-,14-/m0/s1. The SMILES string of the molecule is Cc1nc(CN2CC[C@H](O)[C@@H](n3cc(C)c(=O)[nH]c3=O)CC2)cs1. The second-order valence-corrected chi connectivity index (χ2v) is 7.39. The summed E-state index contributed by atoms with van der Waals surface area (Å²) in [6, 6.07) is -0.324. The van der Waals surface area contributed by atoms with E-state index in [9.17, 15) is 14.7 Å². The average molecular weight is 350 g/mol. The number of nitrogens with one attached hydrogen (secondary N) is 1. The molecule has 8 heteroatoms. The van der Waals surface area contributed by atoms with Gasteiger partial charge < -0.3 is 5.11 Å². The first kappa shape index (κ1) is 17.1. The highest BCUT2D eigenvalue weighted by molar-refractivity contribution is 7.09. The zero-order chi connectivity index (χ0) is 17.3. The number of nitrogens with zero attached hydrogens (tertiary/aromatic N) is 3. The van der Waals surface area contributed by atoms with Gasteiger partial charge in [-0.1, -0.05) is 0 Å². The van der Waals surface area contributed by atoms with Crippen LogP contribution in [0.5, 0.6) is 0 Å². The summed E-state index contributed by atoms with van der Waals surface area (Å²) in [5, 5.41) is 13.6. The van der Waals surface area contributed by atoms with E-state index in [2.05, 4.69) is 20.2 Å². The van der Waals surface area contributed by atoms with Crippen molar-refractivity contribution in [3.63, 3.8) is 0 Å². The van der Waals surface area contributed by atoms with Crippen molar-refractivity contribution in [3.05, 3.63) is 48.7 Å². The Hall–Kier alpha value is -1.77. The monoisotopic (exact) mass is 350 g/mol. The molecule has 1 fully saturated rings. The molecule has 3 rings (SSSR count). The Bertz CT molecular complexity index is 825. The van der Waals surface area contributed by atoms with Crippen LogP contribution in [0.3, 0.4) is 0 Å². The van der Waals surface area contributed by atoms with Crippen LogP contribution < -0.4 is 11.2 Å². The van der Waals surface area contributed by atoms with Gasteiger partial charge in [0.1, 0.15) is 0 Å². The number of thiazole rings is 1. The number of rotatable bonds is 3. The van der Waals surface area contributed by atoms with E-state index in [4.69, 9.17) is 0 Å². The van der Waals surface area contributed by atoms with Crippen LogP contribution in [0.2, 0.25) is 0 Å². The van der Waals surface area contributed by atoms with Crippen LogP contribution in [-0.4, -0.2) is 43.7 Å². The van der Waals surface area contributed by atoms with Crippen molar-refractivity contribution in [2.75, 3.05) is 13.1 Å². The van der Waals surface area contributed by atoms with Gasteiger partial charge in [0.15, 0.2) is 0 Å². The lowest BCUT2D eigenvalue weighted by Gasteiger charge is -2.22. The molecule has 0 saturated carbocycles. The molecule has 0 aliphatic carbocycles. The Labute approximate surface area is 143 Å². The topological polar surface area (TPSA) is 91.2 Å². The van der Waals surface area contributed by atoms with Crippen molar-refractivity contribution < 1.29 is 5.11 Å². The first-order valence-electron chi connectivity index (χ1n) is 8.07. The van der Waals surface area contributed by atoms with Gasteiger partial charge in [0, 0.05) is 36.8 Å². The van der Waals surface area contributed by atoms with Gasteiger partial charge in [-0.15, -0.1) is 11.3 Å². The molecule has 3 heterocycles. The van der Waals surface area contributed by atoms with Crippen LogP contribution in [0.1, 0.15) is 35.1 Å². The van der Waals surface area contributed by atoms with E-state index in [1.165, 1.54) is 4.57 Å². The van der Waals surface area contributed by atoms with Crippen LogP contribution >= 0.6 is 11.3 Å². The largest absolute Gasteiger partial charge is 0.391 e. The van der Waals surface area contributed by atoms with Crippen LogP contribution in [-0.2, 0) is 6.54 Å². The van der Waals surface area contributed by atoms with Gasteiger partial charge in [-0.25, -0.2) is 9.78 Å². The number of aliphatic hydroxyl groups is 1. The van der Waals surface area contributed by atoms with Gasteiger partial charge in [-0.05, 0) is 26.7 Å². The first-order valence-corrected chi connectivity index (χ1v) is 8.95. The van der Waals surface area contributed by atoms with Crippen LogP contribution in [0.4, 0.5) is 0 Å². The van der Waals surface area contributed by atoms with E-state index in [1.807, 2.05) is 6.92 Å². The zero-order valence-electron chi connectivity index (χ0n) is 13.9. The molecule has 1 aliphatic rings. The molecule has 1 aliphatic heterocycles. The third-order valence-corrected chi connectivity index (χ3v) is 5.30. The minimum absolute atomic E-state index is 0.324. The van der Waals surface area contributed by atoms with E-state index in [1.54, 1.807) is 24.5 Å². The molecule has 130 valence electrons. The summed E-state index contributed by atoms with van der Waals surface area (Å²) in [5.74, 6) is 0. The maximum absolute atomic E-state index is 12.1. The first-order chi connectivity index (χ1) is 11.4. The number of likely N-dealkylation sites (tertiary alicyclic amines) is 1. The highest BCUT2D eigenvalue weighted by Gasteiger charge is 2.27. The Morgan fingerprint density at radius 3 is 2.79 bits per heavy atom. The van der Waals surface area contributed by atoms with Gasteiger partial charge in [-0.2, -0.15) is 0 Å². The molecule has 0 radical (unpaired) electrons. The third kappa shape index (κ3) is 3.66. The van der Waals surface area contributed by atoms with E-state index in [0.717, 1.165) is 30.3 Å². The second kappa shape index (κ2) is 7.00. The number of aryl methyl sites for hydroxylation is 2. The fourth-order valence-electron chi connectivity index (χ4n) is 3.15. The molecule has 0 spiro atoms. The fraction of sp³-hybridized carbons (Fsp3) is 0.562. The number of aromatic amines is 1. The molecule has 2 aromatic rings. The fourth-order valence-corrected chi connectivity index (χ4v) is 3.76. The van der Waals surface area contributed by atoms with Crippen molar-refractivity contribution in [1.82, 2.24) is 19.4 Å². The Morgan fingerprint density at radius 2 is 2.08 bits per heavy atom. The van der Waals surface area contributed by atoms with Crippen molar-refractivity contribution >= 4 is 11.3 Å². The predicted molar refractivity (Wildman–Crippen MR) is 92.5 cm³/mol. The summed E-state index contributed by atoms with van der Waals surface area (Å²) in [7, 11) is 0. The molecule has 2 atom stereocenters. The lowest BCUT2D eigenvalue weighted by atomic mass is 10.1. The molecule has 7 nitrogen and oxygen atoms in total. The van der Waals surface area contributed by atoms with E-state index < -0.39 is 11.8 Å². The Balaban J connectivity index is 1.76. The van der Waals surface area contributed by atoms with Gasteiger partial charge in [0.25, 0.3) is 5.56 Å². The number of aromatic nitrogens is 3. The van der Waals surface area contributed by atoms with Crippen LogP contribution in [0.25, 0.3) is 0 Å². The maximum atomic E-state index is 12.1. The summed E-state index contributed by atoms with van der Waals surface area (Å²) in [5.41, 5.74) is 0.682. The smallest absolute Gasteiger partial charge is 0.328 e. The van der Waals surface area contributed by atoms with Gasteiger partial charge >= 0.3 is 5.69 Å². The van der Waals surface area contributed by atoms with Crippen LogP contribution in [0.15, 0.2) is 21.2 Å². The Morgan fingerprint density at radius 1 is 1.33 bits per heavy atom. The quantitative estimate of drug-likeness (QED) is 0.855. The molecule has 0 amide bonds. The minimum Gasteiger partial charge on any atom is -0.391 e. The molecular weight excluding hydrogens is 328 g/mol. The Kier molecular flexibility index (Phi) is 4.98. The third-order valence-electron chi connectivity index (χ3n) is 4.48. The van der Waals surface area contributed by atoms with Crippen molar-refractivity contribution in [1.29, 1.82) is 0 Å². The molecule has 2 N–H and O–H groups in total. The number of aliphatic hydroxyl groups excluding tert-OH is 1. The lowest BCUT2D eigenvalue weighted by Crippen LogP contribution is -2.37. The van der Waals surface area contributed by atoms with Gasteiger partial charge in [0.05, 0.1) is 22.8 Å². The molecule has 0 bridgehead atoms. The molecule has 0 unspecified atom stereocenters. The molecule has 24 heavy (non-hydrogen) atoms. The summed E-state index contributed by atoms with van der Waals surface area (Å²) < 4.78 is 1.47. The van der Waals surface area contributed by atoms with Crippen molar-refractivity contribution in [2.24, 2.45) is 0 Å². The average Bonchev–Trinajstić information content (AvgIpc) is 2.85. The van der Waals surface area contributed by atoms with Gasteiger partial charge in [-0.3, -0.25) is 19.2 Å². The van der Waals surface area contributed by atoms with Crippen molar-refractivity contribution in [3.8, 4) is 0 Å². The zero-order valence-corrected chi connectivity index (χ0v) is 14.7. The molecule has 2 aromatic heterocycles. The van der Waals surface area contributed by atoms with Crippen molar-refractivity contribution in [2.45, 2.75) is 45.4 Å². The summed E-state index contributed by atoms with van der Waals surface area (Å²) >= 11 is 1.63. The predicted octanol–water partition coefficient (Wildman–Crippen LogP) is 0.808. The highest BCUT2D eigenvalue weighted by atomic mass is 32.1. The van der Waals surface area contributed by atoms with E-state index in [-0.39, 0.29) is 11.6 Å². The molecular formula is C16H22N4O3S. The van der Waals surface area contributed by atoms with Crippen LogP contribution in [0, 0.1) is 13.8 Å². The normalized spacial score (nSPS) is 22.5. The lowest BCUT2D eigenvalue weighted by molar-refractivity contribution is 0.105. The van der Waals surface area contributed by atoms with Gasteiger partial charge in [0.2, 0.25) is 0 Å². The number of hydrogen-bond acceptors (Lipinski definition) is 6. The summed E-state index contributed by atoms with van der Waals surface area (Å²) in [6.45, 7) is 5.92. The minimum atomic E-state index is -0.616. The van der Waals surface area contributed by atoms with E-state index in [0.29, 0.717) is 18.4 Å². The molecule has 1 saturated heterocycles. The summed E-state index contributed by atoms with van der Waals surface area (Å²) in [4.78, 5) is 32.7. The number of H-pyrrole nitrogens is 1. The second-order valence-electron chi connectivity index (χ2n) is 6.32. The highest BCUT2D eigenvalue weighted by Crippen LogP contribution is 2.23. The summed E-state index contributed by atoms with van der Waals surface area (Å²) in [6.07, 6.45) is 2.16. The van der Waals surface area contributed by atoms with E-state index >= 15 is 0 Å².